The Balaban J connectivity index is 1.34. The monoisotopic (exact) mass is 482 g/mol. The van der Waals surface area contributed by atoms with Crippen LogP contribution in [0, 0.1) is 13.8 Å². The number of rotatable bonds is 5. The van der Waals surface area contributed by atoms with Gasteiger partial charge in [0.15, 0.2) is 5.17 Å². The summed E-state index contributed by atoms with van der Waals surface area (Å²) in [5.41, 5.74) is 6.09. The summed E-state index contributed by atoms with van der Waals surface area (Å²) in [4.78, 5) is 29.7. The molecule has 6 nitrogen and oxygen atoms in total. The lowest BCUT2D eigenvalue weighted by Crippen LogP contribution is -2.25. The Kier molecular flexibility index (Phi) is 6.51. The van der Waals surface area contributed by atoms with Gasteiger partial charge in [-0.15, -0.1) is 0 Å². The van der Waals surface area contributed by atoms with Crippen LogP contribution in [0.25, 0.3) is 0 Å². The highest BCUT2D eigenvalue weighted by Gasteiger charge is 2.39. The summed E-state index contributed by atoms with van der Waals surface area (Å²) in [6.07, 6.45) is 0.766. The first-order valence-electron chi connectivity index (χ1n) is 11.6. The van der Waals surface area contributed by atoms with E-state index in [1.807, 2.05) is 54.4 Å². The molecule has 0 bridgehead atoms. The van der Waals surface area contributed by atoms with E-state index >= 15 is 0 Å². The first kappa shape index (κ1) is 23.1. The van der Waals surface area contributed by atoms with E-state index in [1.54, 1.807) is 0 Å². The van der Waals surface area contributed by atoms with Crippen molar-refractivity contribution < 1.29 is 9.59 Å². The Bertz CT molecular complexity index is 1320. The van der Waals surface area contributed by atoms with Crippen LogP contribution < -0.4 is 5.32 Å². The number of thioether (sulfide) groups is 1. The summed E-state index contributed by atoms with van der Waals surface area (Å²) >= 11 is 1.31. The van der Waals surface area contributed by atoms with E-state index in [-0.39, 0.29) is 24.3 Å². The van der Waals surface area contributed by atoms with E-state index in [2.05, 4.69) is 53.6 Å². The molecule has 3 aromatic rings. The molecule has 0 fully saturated rings. The van der Waals surface area contributed by atoms with E-state index in [0.29, 0.717) is 11.6 Å². The third-order valence-electron chi connectivity index (χ3n) is 6.08. The van der Waals surface area contributed by atoms with Gasteiger partial charge in [0.1, 0.15) is 5.25 Å². The number of nitrogens with one attached hydrogen (secondary N) is 1. The molecule has 2 atom stereocenters. The lowest BCUT2D eigenvalue weighted by Gasteiger charge is -2.23. The molecule has 2 aliphatic rings. The Hall–Kier alpha value is -3.71. The summed E-state index contributed by atoms with van der Waals surface area (Å²) in [6.45, 7) is 4.03. The summed E-state index contributed by atoms with van der Waals surface area (Å²) in [5.74, 6) is -0.502. The second-order valence-corrected chi connectivity index (χ2v) is 10.0. The Morgan fingerprint density at radius 2 is 1.77 bits per heavy atom. The molecule has 2 amide bonds. The quantitative estimate of drug-likeness (QED) is 0.523. The first-order chi connectivity index (χ1) is 17.0. The number of amidine groups is 1. The molecule has 0 saturated carbocycles. The molecule has 2 aliphatic heterocycles. The highest BCUT2D eigenvalue weighted by molar-refractivity contribution is 8.15. The maximum Gasteiger partial charge on any atom is 0.262 e. The fourth-order valence-corrected chi connectivity index (χ4v) is 5.31. The molecule has 0 saturated heterocycles. The molecule has 35 heavy (non-hydrogen) atoms. The Morgan fingerprint density at radius 1 is 1.00 bits per heavy atom. The molecule has 7 heteroatoms. The van der Waals surface area contributed by atoms with Gasteiger partial charge in [0.25, 0.3) is 5.91 Å². The zero-order chi connectivity index (χ0) is 24.4. The van der Waals surface area contributed by atoms with Crippen LogP contribution in [0.1, 0.15) is 41.1 Å². The van der Waals surface area contributed by atoms with E-state index in [9.17, 15) is 9.59 Å². The largest absolute Gasteiger partial charge is 0.326 e. The van der Waals surface area contributed by atoms with Gasteiger partial charge in [0.05, 0.1) is 11.8 Å². The molecular weight excluding hydrogens is 456 g/mol. The predicted molar refractivity (Wildman–Crippen MR) is 142 cm³/mol. The van der Waals surface area contributed by atoms with Crippen molar-refractivity contribution in [3.05, 3.63) is 101 Å². The van der Waals surface area contributed by atoms with E-state index < -0.39 is 5.25 Å². The van der Waals surface area contributed by atoms with Crippen LogP contribution >= 0.6 is 11.8 Å². The molecule has 0 radical (unpaired) electrons. The lowest BCUT2D eigenvalue weighted by molar-refractivity contribution is -0.121. The number of hydrogen-bond donors (Lipinski definition) is 1. The Morgan fingerprint density at radius 3 is 2.51 bits per heavy atom. The predicted octanol–water partition coefficient (Wildman–Crippen LogP) is 5.48. The number of carbonyl (C=O) groups excluding carboxylic acids is 2. The average Bonchev–Trinajstić information content (AvgIpc) is 3.44. The maximum atomic E-state index is 12.8. The summed E-state index contributed by atoms with van der Waals surface area (Å²) in [5, 5.41) is 9.61. The van der Waals surface area contributed by atoms with Crippen LogP contribution in [0.15, 0.2) is 89.0 Å². The summed E-state index contributed by atoms with van der Waals surface area (Å²) in [7, 11) is 0. The number of hydrazone groups is 1. The fourth-order valence-electron chi connectivity index (χ4n) is 4.25. The zero-order valence-electron chi connectivity index (χ0n) is 19.6. The van der Waals surface area contributed by atoms with Gasteiger partial charge in [-0.25, -0.2) is 5.01 Å². The minimum Gasteiger partial charge on any atom is -0.326 e. The van der Waals surface area contributed by atoms with Crippen LogP contribution in [0.5, 0.6) is 0 Å². The molecule has 0 aliphatic carbocycles. The fraction of sp³-hybridized carbons (Fsp3) is 0.214. The van der Waals surface area contributed by atoms with E-state index in [4.69, 9.17) is 5.10 Å². The number of anilines is 1. The van der Waals surface area contributed by atoms with Gasteiger partial charge in [-0.3, -0.25) is 9.59 Å². The number of aryl methyl sites for hydroxylation is 2. The Labute approximate surface area is 209 Å². The van der Waals surface area contributed by atoms with Crippen molar-refractivity contribution in [3.63, 3.8) is 0 Å². The highest BCUT2D eigenvalue weighted by atomic mass is 32.2. The molecule has 2 heterocycles. The van der Waals surface area contributed by atoms with Crippen molar-refractivity contribution in [1.82, 2.24) is 5.01 Å². The standard InChI is InChI=1S/C28H26N4O2S/c1-18-11-13-20(14-12-18)23-16-24(21-8-4-3-5-9-21)32(31-23)28-30-27(34)25(35-28)17-26(33)29-22-10-6-7-19(2)15-22/h3-15,24-25H,16-17H2,1-2H3,(H,29,33)/t24-,25+/m1/s1. The minimum atomic E-state index is -0.565. The smallest absolute Gasteiger partial charge is 0.262 e. The van der Waals surface area contributed by atoms with Gasteiger partial charge in [-0.2, -0.15) is 10.1 Å². The van der Waals surface area contributed by atoms with Crippen molar-refractivity contribution in [2.75, 3.05) is 5.32 Å². The number of aliphatic imine (C=N–C) groups is 1. The second-order valence-electron chi connectivity index (χ2n) is 8.85. The van der Waals surface area contributed by atoms with E-state index in [0.717, 1.165) is 28.1 Å². The van der Waals surface area contributed by atoms with Crippen LogP contribution in [0.2, 0.25) is 0 Å². The summed E-state index contributed by atoms with van der Waals surface area (Å²) in [6, 6.07) is 26.0. The maximum absolute atomic E-state index is 12.8. The van der Waals surface area contributed by atoms with Gasteiger partial charge in [-0.1, -0.05) is 84.1 Å². The molecule has 1 N–H and O–H groups in total. The van der Waals surface area contributed by atoms with Gasteiger partial charge >= 0.3 is 0 Å². The van der Waals surface area contributed by atoms with Crippen LogP contribution in [-0.2, 0) is 9.59 Å². The highest BCUT2D eigenvalue weighted by Crippen LogP contribution is 2.38. The third-order valence-corrected chi connectivity index (χ3v) is 7.22. The molecule has 5 rings (SSSR count). The molecule has 176 valence electrons. The van der Waals surface area contributed by atoms with Crippen molar-refractivity contribution in [3.8, 4) is 0 Å². The number of hydrogen-bond acceptors (Lipinski definition) is 5. The van der Waals surface area contributed by atoms with Crippen LogP contribution in [0.4, 0.5) is 5.69 Å². The molecular formula is C28H26N4O2S. The molecule has 0 spiro atoms. The van der Waals surface area contributed by atoms with Crippen LogP contribution in [-0.4, -0.2) is 33.0 Å². The second kappa shape index (κ2) is 9.88. The zero-order valence-corrected chi connectivity index (χ0v) is 20.5. The first-order valence-corrected chi connectivity index (χ1v) is 12.5. The third kappa shape index (κ3) is 5.20. The lowest BCUT2D eigenvalue weighted by atomic mass is 9.98. The van der Waals surface area contributed by atoms with Gasteiger partial charge in [0.2, 0.25) is 5.91 Å². The molecule has 0 aromatic heterocycles. The van der Waals surface area contributed by atoms with Gasteiger partial charge in [0, 0.05) is 18.5 Å². The number of nitrogens with zero attached hydrogens (tertiary/aromatic N) is 3. The van der Waals surface area contributed by atoms with Crippen molar-refractivity contribution in [2.24, 2.45) is 10.1 Å². The number of benzene rings is 3. The van der Waals surface area contributed by atoms with Crippen molar-refractivity contribution in [1.29, 1.82) is 0 Å². The van der Waals surface area contributed by atoms with Gasteiger partial charge in [-0.05, 0) is 42.7 Å². The number of carbonyl (C=O) groups is 2. The summed E-state index contributed by atoms with van der Waals surface area (Å²) < 4.78 is 0. The van der Waals surface area contributed by atoms with E-state index in [1.165, 1.54) is 17.3 Å². The van der Waals surface area contributed by atoms with Gasteiger partial charge < -0.3 is 5.32 Å². The minimum absolute atomic E-state index is 0.0584. The molecule has 0 unspecified atom stereocenters. The average molecular weight is 483 g/mol. The van der Waals surface area contributed by atoms with Crippen molar-refractivity contribution in [2.45, 2.75) is 38.0 Å². The number of amides is 2. The van der Waals surface area contributed by atoms with Crippen molar-refractivity contribution >= 4 is 40.1 Å². The molecule has 3 aromatic carbocycles. The topological polar surface area (TPSA) is 74.1 Å². The normalized spacial score (nSPS) is 19.5. The SMILES string of the molecule is Cc1ccc(C2=NN(C3=NC(=O)[C@H](CC(=O)Nc4cccc(C)c4)S3)[C@@H](c3ccccc3)C2)cc1. The van der Waals surface area contributed by atoms with Crippen LogP contribution in [0.3, 0.4) is 0 Å².